The second kappa shape index (κ2) is 7.94. The van der Waals surface area contributed by atoms with Gasteiger partial charge in [-0.3, -0.25) is 4.79 Å². The van der Waals surface area contributed by atoms with Crippen LogP contribution in [0.1, 0.15) is 46.0 Å². The van der Waals surface area contributed by atoms with Crippen molar-refractivity contribution in [2.75, 3.05) is 52.5 Å². The lowest BCUT2D eigenvalue weighted by Crippen LogP contribution is -2.58. The van der Waals surface area contributed by atoms with Crippen LogP contribution in [0.25, 0.3) is 0 Å². The van der Waals surface area contributed by atoms with Crippen molar-refractivity contribution in [3.05, 3.63) is 0 Å². The molecule has 3 aliphatic rings. The third-order valence-electron chi connectivity index (χ3n) is 5.94. The third-order valence-corrected chi connectivity index (χ3v) is 5.94. The van der Waals surface area contributed by atoms with E-state index in [1.165, 1.54) is 0 Å². The van der Waals surface area contributed by atoms with Crippen molar-refractivity contribution in [1.82, 2.24) is 14.7 Å². The maximum Gasteiger partial charge on any atom is 0.320 e. The number of piperidine rings is 2. The molecule has 0 aromatic carbocycles. The zero-order valence-corrected chi connectivity index (χ0v) is 15.8. The van der Waals surface area contributed by atoms with Gasteiger partial charge in [-0.1, -0.05) is 13.8 Å². The lowest BCUT2D eigenvalue weighted by atomic mass is 9.73. The second-order valence-corrected chi connectivity index (χ2v) is 8.40. The van der Waals surface area contributed by atoms with Gasteiger partial charge in [-0.25, -0.2) is 4.79 Å². The first kappa shape index (κ1) is 18.5. The van der Waals surface area contributed by atoms with Crippen LogP contribution in [0.2, 0.25) is 0 Å². The minimum absolute atomic E-state index is 0.102. The fourth-order valence-corrected chi connectivity index (χ4v) is 4.38. The van der Waals surface area contributed by atoms with Gasteiger partial charge in [0.1, 0.15) is 0 Å². The predicted octanol–water partition coefficient (Wildman–Crippen LogP) is 2.19. The van der Waals surface area contributed by atoms with E-state index in [9.17, 15) is 9.59 Å². The van der Waals surface area contributed by atoms with Crippen molar-refractivity contribution in [1.29, 1.82) is 0 Å². The number of hydrogen-bond donors (Lipinski definition) is 0. The summed E-state index contributed by atoms with van der Waals surface area (Å²) in [6.07, 6.45) is 4.79. The Morgan fingerprint density at radius 3 is 2.60 bits per heavy atom. The van der Waals surface area contributed by atoms with Gasteiger partial charge in [-0.2, -0.15) is 0 Å². The predicted molar refractivity (Wildman–Crippen MR) is 96.3 cm³/mol. The molecule has 1 unspecified atom stereocenters. The van der Waals surface area contributed by atoms with Gasteiger partial charge < -0.3 is 19.4 Å². The van der Waals surface area contributed by atoms with Crippen LogP contribution in [0, 0.1) is 11.3 Å². The molecule has 0 aliphatic carbocycles. The topological polar surface area (TPSA) is 53.1 Å². The first-order valence-corrected chi connectivity index (χ1v) is 9.88. The zero-order valence-electron chi connectivity index (χ0n) is 15.8. The average molecular weight is 351 g/mol. The Bertz CT molecular complexity index is 490. The molecule has 1 spiro atoms. The Kier molecular flexibility index (Phi) is 5.87. The van der Waals surface area contributed by atoms with Crippen molar-refractivity contribution in [3.63, 3.8) is 0 Å². The largest absolute Gasteiger partial charge is 0.378 e. The van der Waals surface area contributed by atoms with E-state index in [4.69, 9.17) is 4.74 Å². The maximum atomic E-state index is 12.9. The number of nitrogens with zero attached hydrogens (tertiary/aromatic N) is 3. The Morgan fingerprint density at radius 2 is 1.88 bits per heavy atom. The van der Waals surface area contributed by atoms with Gasteiger partial charge in [0, 0.05) is 51.1 Å². The Balaban J connectivity index is 1.62. The molecule has 3 rings (SSSR count). The van der Waals surface area contributed by atoms with E-state index in [0.717, 1.165) is 51.9 Å². The number of ether oxygens (including phenoxy) is 1. The van der Waals surface area contributed by atoms with Crippen LogP contribution in [0.3, 0.4) is 0 Å². The third kappa shape index (κ3) is 4.46. The van der Waals surface area contributed by atoms with Crippen molar-refractivity contribution < 1.29 is 14.3 Å². The fraction of sp³-hybridized carbons (Fsp3) is 0.895. The molecule has 3 aliphatic heterocycles. The minimum Gasteiger partial charge on any atom is -0.378 e. The molecule has 0 aromatic rings. The van der Waals surface area contributed by atoms with E-state index in [0.29, 0.717) is 44.5 Å². The quantitative estimate of drug-likeness (QED) is 0.783. The van der Waals surface area contributed by atoms with Gasteiger partial charge in [0.25, 0.3) is 0 Å². The summed E-state index contributed by atoms with van der Waals surface area (Å²) in [5.41, 5.74) is 0.102. The molecule has 3 saturated heterocycles. The molecule has 25 heavy (non-hydrogen) atoms. The van der Waals surface area contributed by atoms with E-state index < -0.39 is 0 Å². The van der Waals surface area contributed by atoms with Crippen molar-refractivity contribution in [2.45, 2.75) is 46.0 Å². The SMILES string of the molecule is CC(C)CCN1CC2(CCCN(C(=O)N3CCOCC3)C2)CCC1=O. The number of urea groups is 1. The summed E-state index contributed by atoms with van der Waals surface area (Å²) in [4.78, 5) is 31.2. The van der Waals surface area contributed by atoms with Gasteiger partial charge >= 0.3 is 6.03 Å². The van der Waals surface area contributed by atoms with Crippen molar-refractivity contribution in [3.8, 4) is 0 Å². The highest BCUT2D eigenvalue weighted by atomic mass is 16.5. The summed E-state index contributed by atoms with van der Waals surface area (Å²) < 4.78 is 5.36. The van der Waals surface area contributed by atoms with Crippen LogP contribution >= 0.6 is 0 Å². The Labute approximate surface area is 151 Å². The van der Waals surface area contributed by atoms with Gasteiger partial charge in [0.2, 0.25) is 5.91 Å². The first-order valence-electron chi connectivity index (χ1n) is 9.88. The number of likely N-dealkylation sites (tertiary alicyclic amines) is 2. The summed E-state index contributed by atoms with van der Waals surface area (Å²) in [5.74, 6) is 0.902. The van der Waals surface area contributed by atoms with E-state index in [1.54, 1.807) is 0 Å². The van der Waals surface area contributed by atoms with E-state index in [1.807, 2.05) is 9.80 Å². The summed E-state index contributed by atoms with van der Waals surface area (Å²) in [5, 5.41) is 0. The van der Waals surface area contributed by atoms with Crippen LogP contribution in [0.5, 0.6) is 0 Å². The summed E-state index contributed by atoms with van der Waals surface area (Å²) in [6.45, 7) is 10.4. The molecule has 0 bridgehead atoms. The van der Waals surface area contributed by atoms with E-state index in [-0.39, 0.29) is 11.4 Å². The normalized spacial score (nSPS) is 28.1. The maximum absolute atomic E-state index is 12.9. The number of amides is 3. The highest BCUT2D eigenvalue weighted by molar-refractivity contribution is 5.77. The molecule has 0 aromatic heterocycles. The fourth-order valence-electron chi connectivity index (χ4n) is 4.38. The monoisotopic (exact) mass is 351 g/mol. The standard InChI is InChI=1S/C19H33N3O3/c1-16(2)5-9-21-14-19(7-4-17(21)23)6-3-8-22(15-19)18(24)20-10-12-25-13-11-20/h16H,3-15H2,1-2H3. The molecule has 0 radical (unpaired) electrons. The number of carbonyl (C=O) groups excluding carboxylic acids is 2. The lowest BCUT2D eigenvalue weighted by Gasteiger charge is -2.49. The Hall–Kier alpha value is -1.30. The smallest absolute Gasteiger partial charge is 0.320 e. The highest BCUT2D eigenvalue weighted by Crippen LogP contribution is 2.39. The summed E-state index contributed by atoms with van der Waals surface area (Å²) >= 11 is 0. The van der Waals surface area contributed by atoms with E-state index in [2.05, 4.69) is 18.7 Å². The lowest BCUT2D eigenvalue weighted by molar-refractivity contribution is -0.139. The molecular formula is C19H33N3O3. The van der Waals surface area contributed by atoms with Crippen LogP contribution < -0.4 is 0 Å². The molecule has 6 nitrogen and oxygen atoms in total. The molecular weight excluding hydrogens is 318 g/mol. The minimum atomic E-state index is 0.102. The molecule has 0 N–H and O–H groups in total. The van der Waals surface area contributed by atoms with Crippen LogP contribution in [-0.2, 0) is 9.53 Å². The Morgan fingerprint density at radius 1 is 1.12 bits per heavy atom. The highest BCUT2D eigenvalue weighted by Gasteiger charge is 2.43. The number of hydrogen-bond acceptors (Lipinski definition) is 3. The number of carbonyl (C=O) groups is 2. The number of rotatable bonds is 3. The van der Waals surface area contributed by atoms with Gasteiger partial charge in [-0.15, -0.1) is 0 Å². The first-order chi connectivity index (χ1) is 12.0. The molecule has 3 heterocycles. The average Bonchev–Trinajstić information content (AvgIpc) is 2.63. The molecule has 3 amide bonds. The second-order valence-electron chi connectivity index (χ2n) is 8.40. The summed E-state index contributed by atoms with van der Waals surface area (Å²) in [6, 6.07) is 0.160. The van der Waals surface area contributed by atoms with Crippen LogP contribution in [0.4, 0.5) is 4.79 Å². The van der Waals surface area contributed by atoms with Crippen molar-refractivity contribution in [2.24, 2.45) is 11.3 Å². The van der Waals surface area contributed by atoms with Crippen LogP contribution in [0.15, 0.2) is 0 Å². The van der Waals surface area contributed by atoms with Gasteiger partial charge in [-0.05, 0) is 31.6 Å². The zero-order chi connectivity index (χ0) is 17.9. The summed E-state index contributed by atoms with van der Waals surface area (Å²) in [7, 11) is 0. The molecule has 3 fully saturated rings. The van der Waals surface area contributed by atoms with Gasteiger partial charge in [0.15, 0.2) is 0 Å². The molecule has 6 heteroatoms. The van der Waals surface area contributed by atoms with Crippen molar-refractivity contribution >= 4 is 11.9 Å². The van der Waals surface area contributed by atoms with E-state index >= 15 is 0 Å². The number of morpholine rings is 1. The van der Waals surface area contributed by atoms with Crippen LogP contribution in [-0.4, -0.2) is 79.1 Å². The van der Waals surface area contributed by atoms with Gasteiger partial charge in [0.05, 0.1) is 13.2 Å². The molecule has 0 saturated carbocycles. The molecule has 142 valence electrons. The molecule has 1 atom stereocenters.